The van der Waals surface area contributed by atoms with E-state index in [2.05, 4.69) is 0 Å². The molecule has 2 aliphatic heterocycles. The van der Waals surface area contributed by atoms with Crippen LogP contribution < -0.4 is 4.74 Å². The molecule has 1 unspecified atom stereocenters. The fourth-order valence-corrected chi connectivity index (χ4v) is 6.17. The van der Waals surface area contributed by atoms with E-state index in [-0.39, 0.29) is 26.2 Å². The molecule has 0 aromatic heterocycles. The SMILES string of the molecule is CC.CCOc1ccc(Cc2cc([C@]34CC(OCc5ccccc5)[C@H](OCc5ccccc5)[C@](C(F)F)(CO3)O4)ccc2Cl)cc1. The van der Waals surface area contributed by atoms with Crippen LogP contribution in [-0.2, 0) is 44.4 Å². The first kappa shape index (κ1) is 34.0. The van der Waals surface area contributed by atoms with Crippen LogP contribution in [0.3, 0.4) is 0 Å². The second-order valence-corrected chi connectivity index (χ2v) is 11.6. The molecular formula is C38H41ClF2O5. The Kier molecular flexibility index (Phi) is 11.5. The molecule has 244 valence electrons. The van der Waals surface area contributed by atoms with Crippen molar-refractivity contribution in [1.82, 2.24) is 0 Å². The van der Waals surface area contributed by atoms with Crippen molar-refractivity contribution in [1.29, 1.82) is 0 Å². The molecule has 4 aromatic carbocycles. The van der Waals surface area contributed by atoms with Crippen molar-refractivity contribution in [2.75, 3.05) is 13.2 Å². The quantitative estimate of drug-likeness (QED) is 0.153. The summed E-state index contributed by atoms with van der Waals surface area (Å²) in [4.78, 5) is 0. The average Bonchev–Trinajstić information content (AvgIpc) is 3.43. The van der Waals surface area contributed by atoms with Crippen molar-refractivity contribution in [3.63, 3.8) is 0 Å². The summed E-state index contributed by atoms with van der Waals surface area (Å²) >= 11 is 6.64. The van der Waals surface area contributed by atoms with Gasteiger partial charge in [-0.15, -0.1) is 0 Å². The molecule has 0 saturated carbocycles. The van der Waals surface area contributed by atoms with Crippen molar-refractivity contribution in [3.8, 4) is 5.75 Å². The molecule has 8 heteroatoms. The molecule has 46 heavy (non-hydrogen) atoms. The zero-order valence-electron chi connectivity index (χ0n) is 26.5. The van der Waals surface area contributed by atoms with E-state index in [4.69, 9.17) is 35.3 Å². The standard InChI is InChI=1S/C36H35ClF2O5.C2H6/c1-2-40-30-16-13-25(14-17-30)19-28-20-29(15-18-31(28)37)36-21-32(41-22-26-9-5-3-6-10-26)33(35(44-36,24-43-36)34(38)39)42-23-27-11-7-4-8-12-27;1-2/h3-18,20,32-34H,2,19,21-24H2,1H3;1-2H3/t32?,33-,35-,36+;/m0./s1. The first-order valence-corrected chi connectivity index (χ1v) is 16.2. The number of hydrogen-bond donors (Lipinski definition) is 0. The van der Waals surface area contributed by atoms with Crippen LogP contribution >= 0.6 is 11.6 Å². The van der Waals surface area contributed by atoms with Gasteiger partial charge in [-0.25, -0.2) is 8.78 Å². The molecule has 4 atom stereocenters. The maximum absolute atomic E-state index is 15.1. The average molecular weight is 651 g/mol. The summed E-state index contributed by atoms with van der Waals surface area (Å²) in [6, 6.07) is 32.3. The number of rotatable bonds is 12. The first-order valence-electron chi connectivity index (χ1n) is 15.8. The summed E-state index contributed by atoms with van der Waals surface area (Å²) in [7, 11) is 0. The van der Waals surface area contributed by atoms with E-state index in [9.17, 15) is 0 Å². The molecule has 2 aliphatic rings. The van der Waals surface area contributed by atoms with E-state index < -0.39 is 30.0 Å². The Labute approximate surface area is 275 Å². The molecule has 2 bridgehead atoms. The molecular weight excluding hydrogens is 610 g/mol. The number of alkyl halides is 2. The van der Waals surface area contributed by atoms with E-state index in [0.29, 0.717) is 23.6 Å². The Hall–Kier alpha value is -3.33. The predicted molar refractivity (Wildman–Crippen MR) is 175 cm³/mol. The lowest BCUT2D eigenvalue weighted by Gasteiger charge is -2.46. The molecule has 0 aliphatic carbocycles. The minimum atomic E-state index is -2.89. The van der Waals surface area contributed by atoms with E-state index in [1.54, 1.807) is 12.1 Å². The highest BCUT2D eigenvalue weighted by Gasteiger charge is 2.68. The van der Waals surface area contributed by atoms with E-state index in [1.165, 1.54) is 0 Å². The van der Waals surface area contributed by atoms with E-state index in [1.807, 2.05) is 112 Å². The monoisotopic (exact) mass is 650 g/mol. The molecule has 0 amide bonds. The van der Waals surface area contributed by atoms with Gasteiger partial charge in [0, 0.05) is 17.0 Å². The topological polar surface area (TPSA) is 46.2 Å². The summed E-state index contributed by atoms with van der Waals surface area (Å²) in [6.45, 7) is 6.55. The Bertz CT molecular complexity index is 1520. The van der Waals surface area contributed by atoms with Gasteiger partial charge in [0.25, 0.3) is 6.43 Å². The summed E-state index contributed by atoms with van der Waals surface area (Å²) in [5, 5.41) is 0.564. The lowest BCUT2D eigenvalue weighted by molar-refractivity contribution is -0.315. The van der Waals surface area contributed by atoms with Gasteiger partial charge in [-0.3, -0.25) is 0 Å². The van der Waals surface area contributed by atoms with Gasteiger partial charge in [0.2, 0.25) is 0 Å². The highest BCUT2D eigenvalue weighted by molar-refractivity contribution is 6.31. The van der Waals surface area contributed by atoms with Gasteiger partial charge in [-0.2, -0.15) is 0 Å². The van der Waals surface area contributed by atoms with Gasteiger partial charge in [0.15, 0.2) is 11.4 Å². The van der Waals surface area contributed by atoms with Gasteiger partial charge >= 0.3 is 0 Å². The van der Waals surface area contributed by atoms with E-state index in [0.717, 1.165) is 28.0 Å². The summed E-state index contributed by atoms with van der Waals surface area (Å²) in [5.74, 6) is -0.665. The molecule has 0 radical (unpaired) electrons. The maximum Gasteiger partial charge on any atom is 0.272 e. The minimum Gasteiger partial charge on any atom is -0.494 e. The third kappa shape index (κ3) is 7.45. The van der Waals surface area contributed by atoms with E-state index >= 15 is 8.78 Å². The highest BCUT2D eigenvalue weighted by atomic mass is 35.5. The Balaban J connectivity index is 0.00000204. The lowest BCUT2D eigenvalue weighted by atomic mass is 9.85. The second-order valence-electron chi connectivity index (χ2n) is 11.2. The Morgan fingerprint density at radius 3 is 2.07 bits per heavy atom. The number of ether oxygens (including phenoxy) is 5. The lowest BCUT2D eigenvalue weighted by Crippen LogP contribution is -2.62. The zero-order valence-corrected chi connectivity index (χ0v) is 27.2. The molecule has 2 heterocycles. The van der Waals surface area contributed by atoms with Gasteiger partial charge in [-0.05, 0) is 59.9 Å². The minimum absolute atomic E-state index is 0.134. The van der Waals surface area contributed by atoms with Crippen molar-refractivity contribution >= 4 is 11.6 Å². The molecule has 6 rings (SSSR count). The first-order chi connectivity index (χ1) is 22.4. The van der Waals surface area contributed by atoms with Crippen LogP contribution in [0.25, 0.3) is 0 Å². The third-order valence-electron chi connectivity index (χ3n) is 8.24. The van der Waals surface area contributed by atoms with Crippen molar-refractivity contribution in [3.05, 3.63) is 136 Å². The number of fused-ring (bicyclic) bond motifs is 2. The fourth-order valence-electron chi connectivity index (χ4n) is 5.98. The molecule has 2 saturated heterocycles. The van der Waals surface area contributed by atoms with Gasteiger partial charge in [0.1, 0.15) is 11.9 Å². The van der Waals surface area contributed by atoms with Crippen LogP contribution in [0, 0.1) is 0 Å². The Morgan fingerprint density at radius 1 is 0.826 bits per heavy atom. The summed E-state index contributed by atoms with van der Waals surface area (Å²) in [6.07, 6.45) is -4.00. The normalized spacial score (nSPS) is 23.5. The fraction of sp³-hybridized carbons (Fsp3) is 0.368. The highest BCUT2D eigenvalue weighted by Crippen LogP contribution is 2.53. The molecule has 2 fully saturated rings. The molecule has 0 spiro atoms. The zero-order chi connectivity index (χ0) is 32.6. The van der Waals surface area contributed by atoms with Crippen LogP contribution in [0.15, 0.2) is 103 Å². The molecule has 0 N–H and O–H groups in total. The van der Waals surface area contributed by atoms with Gasteiger partial charge in [0.05, 0.1) is 32.5 Å². The molecule has 4 aromatic rings. The van der Waals surface area contributed by atoms with Crippen LogP contribution in [0.4, 0.5) is 8.78 Å². The van der Waals surface area contributed by atoms with Gasteiger partial charge < -0.3 is 23.7 Å². The van der Waals surface area contributed by atoms with Crippen molar-refractivity contribution < 1.29 is 32.5 Å². The largest absolute Gasteiger partial charge is 0.494 e. The number of benzene rings is 4. The summed E-state index contributed by atoms with van der Waals surface area (Å²) < 4.78 is 61.1. The van der Waals surface area contributed by atoms with Crippen LogP contribution in [-0.4, -0.2) is 37.4 Å². The van der Waals surface area contributed by atoms with Crippen LogP contribution in [0.1, 0.15) is 55.0 Å². The van der Waals surface area contributed by atoms with Crippen molar-refractivity contribution in [2.24, 2.45) is 0 Å². The molecule has 5 nitrogen and oxygen atoms in total. The van der Waals surface area contributed by atoms with Crippen molar-refractivity contribution in [2.45, 2.75) is 76.8 Å². The second kappa shape index (κ2) is 15.5. The predicted octanol–water partition coefficient (Wildman–Crippen LogP) is 9.13. The third-order valence-corrected chi connectivity index (χ3v) is 8.61. The summed E-state index contributed by atoms with van der Waals surface area (Å²) in [5.41, 5.74) is 2.24. The smallest absolute Gasteiger partial charge is 0.272 e. The van der Waals surface area contributed by atoms with Crippen LogP contribution in [0.2, 0.25) is 5.02 Å². The van der Waals surface area contributed by atoms with Crippen LogP contribution in [0.5, 0.6) is 5.75 Å². The Morgan fingerprint density at radius 2 is 1.46 bits per heavy atom. The number of hydrogen-bond acceptors (Lipinski definition) is 5. The maximum atomic E-state index is 15.1. The number of halogens is 3. The van der Waals surface area contributed by atoms with Gasteiger partial charge in [-0.1, -0.05) is 104 Å².